The first kappa shape index (κ1) is 25.4. The van der Waals surface area contributed by atoms with Gasteiger partial charge in [-0.3, -0.25) is 4.79 Å². The van der Waals surface area contributed by atoms with E-state index in [1.807, 2.05) is 6.07 Å². The number of azo groups is 1. The fraction of sp³-hybridized carbons (Fsp3) is 0.130. The number of nitrogens with zero attached hydrogens (tertiary/aromatic N) is 2. The van der Waals surface area contributed by atoms with E-state index in [1.54, 1.807) is 24.3 Å². The normalized spacial score (nSPS) is 11.9. The summed E-state index contributed by atoms with van der Waals surface area (Å²) < 4.78 is 82.1. The van der Waals surface area contributed by atoms with Crippen LogP contribution in [0.5, 0.6) is 0 Å². The third-order valence-corrected chi connectivity index (χ3v) is 4.35. The van der Waals surface area contributed by atoms with E-state index in [0.717, 1.165) is 0 Å². The molecule has 3 aromatic carbocycles. The molecule has 0 aliphatic heterocycles. The molecule has 1 amide bonds. The Labute approximate surface area is 194 Å². The summed E-state index contributed by atoms with van der Waals surface area (Å²) in [7, 11) is 0. The van der Waals surface area contributed by atoms with Crippen molar-refractivity contribution >= 4 is 28.9 Å². The average Bonchev–Trinajstić information content (AvgIpc) is 2.81. The van der Waals surface area contributed by atoms with Crippen LogP contribution in [0.2, 0.25) is 0 Å². The lowest BCUT2D eigenvalue weighted by Crippen LogP contribution is -2.21. The van der Waals surface area contributed by atoms with Crippen LogP contribution in [-0.4, -0.2) is 18.5 Å². The van der Waals surface area contributed by atoms with Crippen LogP contribution in [0.4, 0.5) is 43.4 Å². The van der Waals surface area contributed by atoms with Gasteiger partial charge in [0.15, 0.2) is 6.61 Å². The molecule has 0 atom stereocenters. The third-order valence-electron chi connectivity index (χ3n) is 4.35. The van der Waals surface area contributed by atoms with E-state index < -0.39 is 47.5 Å². The zero-order valence-corrected chi connectivity index (χ0v) is 17.5. The van der Waals surface area contributed by atoms with Crippen LogP contribution in [-0.2, 0) is 21.9 Å². The molecule has 0 aliphatic rings. The van der Waals surface area contributed by atoms with Gasteiger partial charge in [0.1, 0.15) is 0 Å². The Hall–Kier alpha value is -4.22. The molecule has 3 aromatic rings. The summed E-state index contributed by atoms with van der Waals surface area (Å²) in [5, 5.41) is 10.4. The van der Waals surface area contributed by atoms with Crippen molar-refractivity contribution in [3.63, 3.8) is 0 Å². The van der Waals surface area contributed by atoms with E-state index in [4.69, 9.17) is 0 Å². The molecule has 0 spiro atoms. The Morgan fingerprint density at radius 3 is 1.77 bits per heavy atom. The minimum atomic E-state index is -5.12. The molecule has 0 heterocycles. The van der Waals surface area contributed by atoms with Gasteiger partial charge < -0.3 is 10.1 Å². The summed E-state index contributed by atoms with van der Waals surface area (Å²) >= 11 is 0. The van der Waals surface area contributed by atoms with E-state index in [0.29, 0.717) is 11.4 Å². The predicted octanol–water partition coefficient (Wildman–Crippen LogP) is 6.94. The van der Waals surface area contributed by atoms with Crippen molar-refractivity contribution in [2.75, 3.05) is 11.9 Å². The maximum absolute atomic E-state index is 12.9. The molecular weight excluding hydrogens is 480 g/mol. The monoisotopic (exact) mass is 495 g/mol. The Balaban J connectivity index is 1.60. The van der Waals surface area contributed by atoms with Crippen molar-refractivity contribution in [2.24, 2.45) is 10.2 Å². The number of rotatable bonds is 6. The first-order chi connectivity index (χ1) is 16.4. The van der Waals surface area contributed by atoms with Gasteiger partial charge >= 0.3 is 18.3 Å². The topological polar surface area (TPSA) is 80.1 Å². The van der Waals surface area contributed by atoms with Crippen LogP contribution in [0.25, 0.3) is 0 Å². The second-order valence-corrected chi connectivity index (χ2v) is 7.00. The number of carbonyl (C=O) groups is 2. The van der Waals surface area contributed by atoms with E-state index in [1.165, 1.54) is 24.3 Å². The fourth-order valence-corrected chi connectivity index (χ4v) is 2.71. The van der Waals surface area contributed by atoms with E-state index in [-0.39, 0.29) is 23.9 Å². The minimum Gasteiger partial charge on any atom is -0.452 e. The summed E-state index contributed by atoms with van der Waals surface area (Å²) in [6.45, 7) is -0.939. The molecule has 0 bridgehead atoms. The van der Waals surface area contributed by atoms with Gasteiger partial charge in [-0.25, -0.2) is 4.79 Å². The van der Waals surface area contributed by atoms with Crippen LogP contribution in [0.3, 0.4) is 0 Å². The van der Waals surface area contributed by atoms with Gasteiger partial charge in [-0.05, 0) is 54.6 Å². The maximum atomic E-state index is 12.9. The molecule has 3 rings (SSSR count). The summed E-state index contributed by atoms with van der Waals surface area (Å²) in [5.74, 6) is -2.38. The zero-order chi connectivity index (χ0) is 25.6. The number of esters is 1. The zero-order valence-electron chi connectivity index (χ0n) is 17.5. The summed E-state index contributed by atoms with van der Waals surface area (Å²) in [5.41, 5.74) is -2.95. The highest BCUT2D eigenvalue weighted by molar-refractivity contribution is 5.95. The van der Waals surface area contributed by atoms with Crippen molar-refractivity contribution in [2.45, 2.75) is 12.4 Å². The van der Waals surface area contributed by atoms with Gasteiger partial charge in [0, 0.05) is 5.69 Å². The van der Waals surface area contributed by atoms with Gasteiger partial charge in [-0.15, -0.1) is 0 Å². The van der Waals surface area contributed by atoms with E-state index in [9.17, 15) is 35.9 Å². The standard InChI is InChI=1S/C23H15F6N3O3/c24-22(25,26)15-10-14(11-16(12-15)23(27,28)29)21(34)35-13-20(33)30-17-6-8-19(9-7-17)32-31-18-4-2-1-3-5-18/h1-12H,13H2,(H,30,33). The quantitative estimate of drug-likeness (QED) is 0.229. The molecule has 0 saturated heterocycles. The van der Waals surface area contributed by atoms with Crippen LogP contribution < -0.4 is 5.32 Å². The molecule has 182 valence electrons. The second kappa shape index (κ2) is 10.4. The minimum absolute atomic E-state index is 0.118. The Morgan fingerprint density at radius 2 is 1.26 bits per heavy atom. The number of hydrogen-bond acceptors (Lipinski definition) is 5. The number of benzene rings is 3. The lowest BCUT2D eigenvalue weighted by atomic mass is 10.0. The van der Waals surface area contributed by atoms with Gasteiger partial charge in [0.25, 0.3) is 5.91 Å². The number of halogens is 6. The molecule has 12 heteroatoms. The van der Waals surface area contributed by atoms with Crippen molar-refractivity contribution < 1.29 is 40.7 Å². The number of nitrogens with one attached hydrogen (secondary N) is 1. The first-order valence-electron chi connectivity index (χ1n) is 9.75. The molecule has 0 aromatic heterocycles. The SMILES string of the molecule is O=C(COC(=O)c1cc(C(F)(F)F)cc(C(F)(F)F)c1)Nc1ccc(N=Nc2ccccc2)cc1. The maximum Gasteiger partial charge on any atom is 0.416 e. The van der Waals surface area contributed by atoms with E-state index >= 15 is 0 Å². The molecular formula is C23H15F6N3O3. The van der Waals surface area contributed by atoms with Gasteiger partial charge in [0.2, 0.25) is 0 Å². The first-order valence-corrected chi connectivity index (χ1v) is 9.75. The highest BCUT2D eigenvalue weighted by Crippen LogP contribution is 2.36. The molecule has 35 heavy (non-hydrogen) atoms. The average molecular weight is 495 g/mol. The number of alkyl halides is 6. The number of amides is 1. The number of anilines is 1. The molecule has 0 unspecified atom stereocenters. The number of hydrogen-bond donors (Lipinski definition) is 1. The highest BCUT2D eigenvalue weighted by atomic mass is 19.4. The second-order valence-electron chi connectivity index (χ2n) is 7.00. The number of carbonyl (C=O) groups excluding carboxylic acids is 2. The molecule has 0 radical (unpaired) electrons. The Morgan fingerprint density at radius 1 is 0.743 bits per heavy atom. The third kappa shape index (κ3) is 7.39. The Kier molecular flexibility index (Phi) is 7.52. The Bertz CT molecular complexity index is 1190. The molecule has 1 N–H and O–H groups in total. The summed E-state index contributed by atoms with van der Waals surface area (Å²) in [6, 6.07) is 15.3. The van der Waals surface area contributed by atoms with Crippen molar-refractivity contribution in [1.82, 2.24) is 0 Å². The summed E-state index contributed by atoms with van der Waals surface area (Å²) in [6.07, 6.45) is -10.2. The smallest absolute Gasteiger partial charge is 0.416 e. The van der Waals surface area contributed by atoms with Crippen molar-refractivity contribution in [3.8, 4) is 0 Å². The largest absolute Gasteiger partial charge is 0.452 e. The fourth-order valence-electron chi connectivity index (χ4n) is 2.71. The lowest BCUT2D eigenvalue weighted by Gasteiger charge is -2.14. The van der Waals surface area contributed by atoms with Crippen LogP contribution in [0.1, 0.15) is 21.5 Å². The van der Waals surface area contributed by atoms with Crippen molar-refractivity contribution in [3.05, 3.63) is 89.5 Å². The summed E-state index contributed by atoms with van der Waals surface area (Å²) in [4.78, 5) is 24.0. The van der Waals surface area contributed by atoms with Gasteiger partial charge in [-0.2, -0.15) is 36.6 Å². The lowest BCUT2D eigenvalue weighted by molar-refractivity contribution is -0.143. The predicted molar refractivity (Wildman–Crippen MR) is 112 cm³/mol. The van der Waals surface area contributed by atoms with Crippen LogP contribution >= 0.6 is 0 Å². The van der Waals surface area contributed by atoms with Gasteiger partial charge in [-0.1, -0.05) is 18.2 Å². The molecule has 0 saturated carbocycles. The van der Waals surface area contributed by atoms with Crippen LogP contribution in [0.15, 0.2) is 83.0 Å². The van der Waals surface area contributed by atoms with E-state index in [2.05, 4.69) is 20.3 Å². The molecule has 0 fully saturated rings. The van der Waals surface area contributed by atoms with Crippen LogP contribution in [0, 0.1) is 0 Å². The molecule has 6 nitrogen and oxygen atoms in total. The van der Waals surface area contributed by atoms with Gasteiger partial charge in [0.05, 0.1) is 28.1 Å². The molecule has 0 aliphatic carbocycles. The highest BCUT2D eigenvalue weighted by Gasteiger charge is 2.37. The van der Waals surface area contributed by atoms with Crippen molar-refractivity contribution in [1.29, 1.82) is 0 Å². The number of ether oxygens (including phenoxy) is 1.